The molecule has 1 atom stereocenters. The first-order chi connectivity index (χ1) is 10.5. The molecule has 2 aromatic rings. The van der Waals surface area contributed by atoms with Gasteiger partial charge in [0.05, 0.1) is 5.56 Å². The van der Waals surface area contributed by atoms with Gasteiger partial charge in [0.1, 0.15) is 5.75 Å². The fourth-order valence-corrected chi connectivity index (χ4v) is 3.28. The molecule has 0 aromatic heterocycles. The lowest BCUT2D eigenvalue weighted by Crippen LogP contribution is -2.12. The SMILES string of the molecule is CCc1c(O)cc(C)c(C(=O)OP(O)c2ccccc2)c1C. The topological polar surface area (TPSA) is 66.8 Å². The van der Waals surface area contributed by atoms with Crippen LogP contribution in [0.4, 0.5) is 0 Å². The largest absolute Gasteiger partial charge is 0.508 e. The van der Waals surface area contributed by atoms with Gasteiger partial charge < -0.3 is 14.5 Å². The standard InChI is InChI=1S/C17H19O4P/c1-4-14-12(3)16(11(2)10-15(14)18)17(19)21-22(20)13-8-6-5-7-9-13/h5-10,18,20H,4H2,1-3H3. The first-order valence-corrected chi connectivity index (χ1v) is 8.25. The number of carbonyl (C=O) groups excluding carboxylic acids is 1. The normalized spacial score (nSPS) is 12.0. The summed E-state index contributed by atoms with van der Waals surface area (Å²) in [5, 5.41) is 10.5. The molecular weight excluding hydrogens is 299 g/mol. The molecule has 0 heterocycles. The van der Waals surface area contributed by atoms with Gasteiger partial charge in [0.15, 0.2) is 0 Å². The van der Waals surface area contributed by atoms with Crippen LogP contribution >= 0.6 is 8.38 Å². The van der Waals surface area contributed by atoms with Crippen molar-refractivity contribution in [1.29, 1.82) is 0 Å². The van der Waals surface area contributed by atoms with Crippen molar-refractivity contribution in [2.24, 2.45) is 0 Å². The van der Waals surface area contributed by atoms with Gasteiger partial charge >= 0.3 is 5.97 Å². The Morgan fingerprint density at radius 2 is 1.86 bits per heavy atom. The predicted octanol–water partition coefficient (Wildman–Crippen LogP) is 3.36. The Morgan fingerprint density at radius 3 is 2.45 bits per heavy atom. The number of carbonyl (C=O) groups is 1. The van der Waals surface area contributed by atoms with Crippen molar-refractivity contribution in [2.45, 2.75) is 27.2 Å². The first-order valence-electron chi connectivity index (χ1n) is 7.04. The van der Waals surface area contributed by atoms with E-state index in [1.165, 1.54) is 0 Å². The lowest BCUT2D eigenvalue weighted by Gasteiger charge is -2.16. The van der Waals surface area contributed by atoms with Gasteiger partial charge in [-0.1, -0.05) is 25.1 Å². The van der Waals surface area contributed by atoms with E-state index in [9.17, 15) is 14.8 Å². The van der Waals surface area contributed by atoms with E-state index in [1.807, 2.05) is 13.0 Å². The van der Waals surface area contributed by atoms with Crippen molar-refractivity contribution < 1.29 is 19.3 Å². The number of benzene rings is 2. The van der Waals surface area contributed by atoms with Crippen molar-refractivity contribution in [3.8, 4) is 5.75 Å². The molecule has 0 amide bonds. The van der Waals surface area contributed by atoms with E-state index in [0.717, 1.165) is 5.56 Å². The Hall–Kier alpha value is -1.90. The lowest BCUT2D eigenvalue weighted by atomic mass is 9.95. The highest BCUT2D eigenvalue weighted by atomic mass is 31.2. The predicted molar refractivity (Wildman–Crippen MR) is 87.6 cm³/mol. The van der Waals surface area contributed by atoms with Crippen LogP contribution in [0.25, 0.3) is 0 Å². The van der Waals surface area contributed by atoms with Crippen LogP contribution in [0.15, 0.2) is 36.4 Å². The number of phenols is 1. The van der Waals surface area contributed by atoms with Crippen LogP contribution in [0.1, 0.15) is 34.0 Å². The molecule has 0 saturated carbocycles. The maximum atomic E-state index is 12.4. The molecule has 116 valence electrons. The van der Waals surface area contributed by atoms with Gasteiger partial charge in [0.25, 0.3) is 8.38 Å². The second-order valence-electron chi connectivity index (χ2n) is 5.03. The average molecular weight is 318 g/mol. The minimum absolute atomic E-state index is 0.184. The average Bonchev–Trinajstić information content (AvgIpc) is 2.48. The van der Waals surface area contributed by atoms with Crippen LogP contribution < -0.4 is 5.30 Å². The van der Waals surface area contributed by atoms with E-state index < -0.39 is 14.3 Å². The fourth-order valence-electron chi connectivity index (χ4n) is 2.50. The molecule has 0 aliphatic rings. The van der Waals surface area contributed by atoms with Gasteiger partial charge in [-0.2, -0.15) is 0 Å². The Labute approximate surface area is 131 Å². The highest BCUT2D eigenvalue weighted by Crippen LogP contribution is 2.34. The summed E-state index contributed by atoms with van der Waals surface area (Å²) in [4.78, 5) is 22.5. The summed E-state index contributed by atoms with van der Waals surface area (Å²) in [7, 11) is -2.00. The second kappa shape index (κ2) is 6.91. The van der Waals surface area contributed by atoms with Crippen LogP contribution in [0, 0.1) is 13.8 Å². The molecule has 1 unspecified atom stereocenters. The van der Waals surface area contributed by atoms with Gasteiger partial charge in [0, 0.05) is 5.30 Å². The third-order valence-electron chi connectivity index (χ3n) is 3.59. The molecule has 0 aliphatic carbocycles. The zero-order valence-corrected chi connectivity index (χ0v) is 13.7. The third kappa shape index (κ3) is 3.29. The number of rotatable bonds is 4. The number of aryl methyl sites for hydroxylation is 1. The summed E-state index contributed by atoms with van der Waals surface area (Å²) >= 11 is 0. The van der Waals surface area contributed by atoms with Crippen LogP contribution in [0.3, 0.4) is 0 Å². The van der Waals surface area contributed by atoms with E-state index in [4.69, 9.17) is 4.52 Å². The Balaban J connectivity index is 2.30. The van der Waals surface area contributed by atoms with Crippen molar-refractivity contribution in [3.05, 3.63) is 58.7 Å². The van der Waals surface area contributed by atoms with E-state index >= 15 is 0 Å². The summed E-state index contributed by atoms with van der Waals surface area (Å²) in [6.07, 6.45) is 0.616. The highest BCUT2D eigenvalue weighted by Gasteiger charge is 2.22. The highest BCUT2D eigenvalue weighted by molar-refractivity contribution is 7.55. The number of aromatic hydroxyl groups is 1. The van der Waals surface area contributed by atoms with Gasteiger partial charge in [0.2, 0.25) is 0 Å². The van der Waals surface area contributed by atoms with Gasteiger partial charge in [-0.15, -0.1) is 0 Å². The van der Waals surface area contributed by atoms with Gasteiger partial charge in [-0.05, 0) is 55.2 Å². The molecular formula is C17H19O4P. The molecule has 5 heteroatoms. The quantitative estimate of drug-likeness (QED) is 0.848. The van der Waals surface area contributed by atoms with E-state index in [2.05, 4.69) is 0 Å². The Bertz CT molecular complexity index is 683. The van der Waals surface area contributed by atoms with Gasteiger partial charge in [-0.3, -0.25) is 0 Å². The Morgan fingerprint density at radius 1 is 1.23 bits per heavy atom. The number of phenolic OH excluding ortho intramolecular Hbond substituents is 1. The molecule has 0 bridgehead atoms. The number of hydrogen-bond acceptors (Lipinski definition) is 4. The van der Waals surface area contributed by atoms with E-state index in [0.29, 0.717) is 28.4 Å². The Kier molecular flexibility index (Phi) is 5.17. The summed E-state index contributed by atoms with van der Waals surface area (Å²) < 4.78 is 5.22. The molecule has 22 heavy (non-hydrogen) atoms. The van der Waals surface area contributed by atoms with Gasteiger partial charge in [-0.25, -0.2) is 4.79 Å². The van der Waals surface area contributed by atoms with Crippen LogP contribution in [-0.2, 0) is 10.9 Å². The molecule has 2 rings (SSSR count). The van der Waals surface area contributed by atoms with Crippen LogP contribution in [-0.4, -0.2) is 16.0 Å². The second-order valence-corrected chi connectivity index (χ2v) is 6.28. The molecule has 4 nitrogen and oxygen atoms in total. The van der Waals surface area contributed by atoms with Crippen molar-refractivity contribution in [1.82, 2.24) is 0 Å². The van der Waals surface area contributed by atoms with Crippen molar-refractivity contribution >= 4 is 19.6 Å². The summed E-state index contributed by atoms with van der Waals surface area (Å²) in [5.74, 6) is -0.384. The molecule has 0 spiro atoms. The van der Waals surface area contributed by atoms with Crippen molar-refractivity contribution in [2.75, 3.05) is 0 Å². The number of hydrogen-bond donors (Lipinski definition) is 2. The molecule has 0 fully saturated rings. The van der Waals surface area contributed by atoms with E-state index in [1.54, 1.807) is 44.2 Å². The molecule has 0 radical (unpaired) electrons. The lowest BCUT2D eigenvalue weighted by molar-refractivity contribution is 0.0741. The first kappa shape index (κ1) is 16.5. The molecule has 0 saturated heterocycles. The summed E-state index contributed by atoms with van der Waals surface area (Å²) in [6, 6.07) is 10.4. The van der Waals surface area contributed by atoms with Crippen LogP contribution in [0.2, 0.25) is 0 Å². The zero-order chi connectivity index (χ0) is 16.3. The van der Waals surface area contributed by atoms with E-state index in [-0.39, 0.29) is 5.75 Å². The third-order valence-corrected chi connectivity index (χ3v) is 4.67. The fraction of sp³-hybridized carbons (Fsp3) is 0.235. The zero-order valence-electron chi connectivity index (χ0n) is 12.8. The smallest absolute Gasteiger partial charge is 0.343 e. The summed E-state index contributed by atoms with van der Waals surface area (Å²) in [6.45, 7) is 5.44. The minimum Gasteiger partial charge on any atom is -0.508 e. The maximum absolute atomic E-state index is 12.4. The monoisotopic (exact) mass is 318 g/mol. The molecule has 2 N–H and O–H groups in total. The molecule has 0 aliphatic heterocycles. The minimum atomic E-state index is -2.00. The van der Waals surface area contributed by atoms with Crippen LogP contribution in [0.5, 0.6) is 5.75 Å². The molecule has 2 aromatic carbocycles. The summed E-state index contributed by atoms with van der Waals surface area (Å²) in [5.41, 5.74) is 2.46. The van der Waals surface area contributed by atoms with Crippen molar-refractivity contribution in [3.63, 3.8) is 0 Å². The maximum Gasteiger partial charge on any atom is 0.343 e.